The normalized spacial score (nSPS) is 14.3. The van der Waals surface area contributed by atoms with Gasteiger partial charge in [0.2, 0.25) is 0 Å². The molecule has 1 fully saturated rings. The van der Waals surface area contributed by atoms with Crippen molar-refractivity contribution in [3.8, 4) is 0 Å². The molecule has 1 aliphatic rings. The Hall–Kier alpha value is -0.970. The van der Waals surface area contributed by atoms with Gasteiger partial charge >= 0.3 is 0 Å². The Morgan fingerprint density at radius 2 is 1.84 bits per heavy atom. The summed E-state index contributed by atoms with van der Waals surface area (Å²) in [6.45, 7) is 3.93. The lowest BCUT2D eigenvalue weighted by atomic mass is 10.1. The molecule has 0 aliphatic carbocycles. The molecule has 1 heterocycles. The van der Waals surface area contributed by atoms with Crippen molar-refractivity contribution in [3.05, 3.63) is 29.8 Å². The summed E-state index contributed by atoms with van der Waals surface area (Å²) in [7, 11) is 0. The Balaban J connectivity index is 0.00000162. The van der Waals surface area contributed by atoms with Gasteiger partial charge in [-0.15, -0.1) is 24.8 Å². The average Bonchev–Trinajstić information content (AvgIpc) is 2.82. The SMILES string of the molecule is Cl.Cl.Nc1ccccc1C(=O)NCCN1CCCC1. The van der Waals surface area contributed by atoms with Crippen LogP contribution in [0.15, 0.2) is 24.3 Å². The number of para-hydroxylation sites is 1. The van der Waals surface area contributed by atoms with Gasteiger partial charge in [-0.2, -0.15) is 0 Å². The molecule has 6 heteroatoms. The molecular formula is C13H21Cl2N3O. The lowest BCUT2D eigenvalue weighted by molar-refractivity contribution is 0.0950. The molecule has 2 rings (SSSR count). The number of halogens is 2. The maximum atomic E-state index is 11.8. The summed E-state index contributed by atoms with van der Waals surface area (Å²) in [5.41, 5.74) is 6.84. The molecule has 0 radical (unpaired) electrons. The standard InChI is InChI=1S/C13H19N3O.2ClH/c14-12-6-2-1-5-11(12)13(17)15-7-10-16-8-3-4-9-16;;/h1-2,5-6H,3-4,7-10,14H2,(H,15,17);2*1H. The maximum absolute atomic E-state index is 11.8. The highest BCUT2D eigenvalue weighted by Crippen LogP contribution is 2.10. The van der Waals surface area contributed by atoms with Crippen molar-refractivity contribution in [1.82, 2.24) is 10.2 Å². The topological polar surface area (TPSA) is 58.4 Å². The molecule has 1 amide bonds. The van der Waals surface area contributed by atoms with Crippen LogP contribution in [0.2, 0.25) is 0 Å². The number of carbonyl (C=O) groups is 1. The number of nitrogen functional groups attached to an aromatic ring is 1. The fraction of sp³-hybridized carbons (Fsp3) is 0.462. The van der Waals surface area contributed by atoms with Crippen molar-refractivity contribution in [1.29, 1.82) is 0 Å². The molecule has 0 aromatic heterocycles. The van der Waals surface area contributed by atoms with Crippen molar-refractivity contribution < 1.29 is 4.79 Å². The Morgan fingerprint density at radius 1 is 1.21 bits per heavy atom. The van der Waals surface area contributed by atoms with E-state index >= 15 is 0 Å². The number of likely N-dealkylation sites (tertiary alicyclic amines) is 1. The molecule has 19 heavy (non-hydrogen) atoms. The van der Waals surface area contributed by atoms with Crippen molar-refractivity contribution in [2.45, 2.75) is 12.8 Å². The van der Waals surface area contributed by atoms with Gasteiger partial charge in [0.25, 0.3) is 5.91 Å². The average molecular weight is 306 g/mol. The number of anilines is 1. The van der Waals surface area contributed by atoms with E-state index in [0.29, 0.717) is 17.8 Å². The molecule has 0 bridgehead atoms. The first-order valence-corrected chi connectivity index (χ1v) is 6.12. The van der Waals surface area contributed by atoms with Crippen molar-refractivity contribution >= 4 is 36.4 Å². The largest absolute Gasteiger partial charge is 0.398 e. The number of rotatable bonds is 4. The molecule has 1 aromatic rings. The number of nitrogens with zero attached hydrogens (tertiary/aromatic N) is 1. The third-order valence-electron chi connectivity index (χ3n) is 3.12. The van der Waals surface area contributed by atoms with Crippen LogP contribution in [0.3, 0.4) is 0 Å². The minimum Gasteiger partial charge on any atom is -0.398 e. The van der Waals surface area contributed by atoms with Crippen molar-refractivity contribution in [2.75, 3.05) is 31.9 Å². The van der Waals surface area contributed by atoms with E-state index in [2.05, 4.69) is 10.2 Å². The number of nitrogens with two attached hydrogens (primary N) is 1. The minimum atomic E-state index is -0.0812. The summed E-state index contributed by atoms with van der Waals surface area (Å²) >= 11 is 0. The maximum Gasteiger partial charge on any atom is 0.253 e. The van der Waals surface area contributed by atoms with Crippen LogP contribution in [0, 0.1) is 0 Å². The van der Waals surface area contributed by atoms with Crippen LogP contribution in [-0.2, 0) is 0 Å². The summed E-state index contributed by atoms with van der Waals surface area (Å²) in [4.78, 5) is 14.2. The molecule has 108 valence electrons. The van der Waals surface area contributed by atoms with E-state index in [4.69, 9.17) is 5.73 Å². The zero-order valence-electron chi connectivity index (χ0n) is 10.8. The van der Waals surface area contributed by atoms with Gasteiger partial charge in [-0.1, -0.05) is 12.1 Å². The van der Waals surface area contributed by atoms with Crippen LogP contribution in [0.5, 0.6) is 0 Å². The van der Waals surface area contributed by atoms with Crippen LogP contribution in [-0.4, -0.2) is 37.0 Å². The minimum absolute atomic E-state index is 0. The van der Waals surface area contributed by atoms with E-state index in [1.807, 2.05) is 12.1 Å². The van der Waals surface area contributed by atoms with Gasteiger partial charge in [0.1, 0.15) is 0 Å². The number of carbonyl (C=O) groups excluding carboxylic acids is 1. The van der Waals surface area contributed by atoms with Crippen LogP contribution >= 0.6 is 24.8 Å². The van der Waals surface area contributed by atoms with E-state index in [9.17, 15) is 4.79 Å². The Labute approximate surface area is 126 Å². The first-order valence-electron chi connectivity index (χ1n) is 6.12. The van der Waals surface area contributed by atoms with E-state index in [1.165, 1.54) is 12.8 Å². The van der Waals surface area contributed by atoms with Gasteiger partial charge < -0.3 is 16.0 Å². The van der Waals surface area contributed by atoms with Crippen molar-refractivity contribution in [3.63, 3.8) is 0 Å². The fourth-order valence-corrected chi connectivity index (χ4v) is 2.13. The van der Waals surface area contributed by atoms with E-state index in [-0.39, 0.29) is 30.7 Å². The monoisotopic (exact) mass is 305 g/mol. The number of amides is 1. The Bertz CT molecular complexity index is 395. The van der Waals surface area contributed by atoms with E-state index in [1.54, 1.807) is 12.1 Å². The number of benzene rings is 1. The Kier molecular flexibility index (Phi) is 8.56. The second-order valence-corrected chi connectivity index (χ2v) is 4.39. The molecule has 0 saturated carbocycles. The van der Waals surface area contributed by atoms with Gasteiger partial charge in [0.05, 0.1) is 5.56 Å². The number of hydrogen-bond donors (Lipinski definition) is 2. The smallest absolute Gasteiger partial charge is 0.253 e. The summed E-state index contributed by atoms with van der Waals surface area (Å²) in [5, 5.41) is 2.91. The predicted molar refractivity (Wildman–Crippen MR) is 83.4 cm³/mol. The second-order valence-electron chi connectivity index (χ2n) is 4.39. The predicted octanol–water partition coefficient (Wildman–Crippen LogP) is 1.94. The second kappa shape index (κ2) is 9.02. The molecule has 1 aromatic carbocycles. The third kappa shape index (κ3) is 5.27. The van der Waals surface area contributed by atoms with Crippen LogP contribution in [0.25, 0.3) is 0 Å². The third-order valence-corrected chi connectivity index (χ3v) is 3.12. The molecule has 3 N–H and O–H groups in total. The lowest BCUT2D eigenvalue weighted by Gasteiger charge is -2.15. The Morgan fingerprint density at radius 3 is 2.47 bits per heavy atom. The zero-order valence-corrected chi connectivity index (χ0v) is 12.4. The highest BCUT2D eigenvalue weighted by Gasteiger charge is 2.12. The molecule has 1 aliphatic heterocycles. The van der Waals surface area contributed by atoms with Gasteiger partial charge in [0, 0.05) is 18.8 Å². The van der Waals surface area contributed by atoms with E-state index < -0.39 is 0 Å². The van der Waals surface area contributed by atoms with Gasteiger partial charge in [-0.25, -0.2) is 0 Å². The first-order chi connectivity index (χ1) is 8.27. The summed E-state index contributed by atoms with van der Waals surface area (Å²) in [6, 6.07) is 7.15. The number of nitrogens with one attached hydrogen (secondary N) is 1. The molecular weight excluding hydrogens is 285 g/mol. The fourth-order valence-electron chi connectivity index (χ4n) is 2.13. The summed E-state index contributed by atoms with van der Waals surface area (Å²) < 4.78 is 0. The van der Waals surface area contributed by atoms with Gasteiger partial charge in [-0.3, -0.25) is 4.79 Å². The first kappa shape index (κ1) is 18.0. The van der Waals surface area contributed by atoms with Gasteiger partial charge in [-0.05, 0) is 38.1 Å². The molecule has 0 unspecified atom stereocenters. The van der Waals surface area contributed by atoms with Crippen LogP contribution in [0.4, 0.5) is 5.69 Å². The quantitative estimate of drug-likeness (QED) is 0.836. The highest BCUT2D eigenvalue weighted by molar-refractivity contribution is 5.99. The van der Waals surface area contributed by atoms with E-state index in [0.717, 1.165) is 19.6 Å². The van der Waals surface area contributed by atoms with Crippen molar-refractivity contribution in [2.24, 2.45) is 0 Å². The molecule has 0 spiro atoms. The highest BCUT2D eigenvalue weighted by atomic mass is 35.5. The van der Waals surface area contributed by atoms with Gasteiger partial charge in [0.15, 0.2) is 0 Å². The van der Waals surface area contributed by atoms with Crippen LogP contribution in [0.1, 0.15) is 23.2 Å². The molecule has 4 nitrogen and oxygen atoms in total. The zero-order chi connectivity index (χ0) is 12.1. The van der Waals surface area contributed by atoms with Crippen LogP contribution < -0.4 is 11.1 Å². The molecule has 0 atom stereocenters. The lowest BCUT2D eigenvalue weighted by Crippen LogP contribution is -2.33. The molecule has 1 saturated heterocycles. The number of hydrogen-bond acceptors (Lipinski definition) is 3. The summed E-state index contributed by atoms with van der Waals surface area (Å²) in [6.07, 6.45) is 2.55. The summed E-state index contributed by atoms with van der Waals surface area (Å²) in [5.74, 6) is -0.0812.